The fourth-order valence-electron chi connectivity index (χ4n) is 1.85. The summed E-state index contributed by atoms with van der Waals surface area (Å²) >= 11 is 0. The van der Waals surface area contributed by atoms with Crippen molar-refractivity contribution < 1.29 is 12.9 Å². The molecule has 0 atom stereocenters. The van der Waals surface area contributed by atoms with Gasteiger partial charge in [0.2, 0.25) is 10.0 Å². The molecule has 20 heavy (non-hydrogen) atoms. The molecule has 7 heteroatoms. The minimum atomic E-state index is -3.23. The summed E-state index contributed by atoms with van der Waals surface area (Å²) in [6, 6.07) is 0. The van der Waals surface area contributed by atoms with Crippen LogP contribution in [0.1, 0.15) is 43.2 Å². The van der Waals surface area contributed by atoms with Crippen molar-refractivity contribution >= 4 is 10.0 Å². The molecule has 0 aliphatic heterocycles. The Kier molecular flexibility index (Phi) is 7.18. The van der Waals surface area contributed by atoms with E-state index >= 15 is 0 Å². The molecule has 0 radical (unpaired) electrons. The van der Waals surface area contributed by atoms with Crippen LogP contribution in [-0.2, 0) is 16.6 Å². The molecule has 1 aromatic heterocycles. The van der Waals surface area contributed by atoms with Crippen molar-refractivity contribution in [3.63, 3.8) is 0 Å². The van der Waals surface area contributed by atoms with Crippen LogP contribution in [0.3, 0.4) is 0 Å². The molecule has 0 fully saturated rings. The number of rotatable bonds is 10. The fourth-order valence-corrected chi connectivity index (χ4v) is 2.95. The third kappa shape index (κ3) is 6.02. The van der Waals surface area contributed by atoms with Crippen molar-refractivity contribution in [2.24, 2.45) is 0 Å². The maximum absolute atomic E-state index is 11.9. The maximum atomic E-state index is 11.9. The lowest BCUT2D eigenvalue weighted by Crippen LogP contribution is -2.27. The lowest BCUT2D eigenvalue weighted by Gasteiger charge is -2.07. The molecular weight excluding hydrogens is 278 g/mol. The van der Waals surface area contributed by atoms with Crippen molar-refractivity contribution in [3.8, 4) is 0 Å². The van der Waals surface area contributed by atoms with Gasteiger partial charge in [-0.3, -0.25) is 0 Å². The van der Waals surface area contributed by atoms with Crippen LogP contribution in [0.2, 0.25) is 0 Å². The second-order valence-electron chi connectivity index (χ2n) is 4.90. The summed E-state index contributed by atoms with van der Waals surface area (Å²) in [5, 5.41) is 7.06. The Labute approximate surface area is 121 Å². The number of nitrogens with zero attached hydrogens (tertiary/aromatic N) is 1. The highest BCUT2D eigenvalue weighted by molar-refractivity contribution is 7.89. The Morgan fingerprint density at radius 3 is 2.55 bits per heavy atom. The molecule has 0 saturated carbocycles. The highest BCUT2D eigenvalue weighted by Crippen LogP contribution is 2.12. The lowest BCUT2D eigenvalue weighted by atomic mass is 10.2. The standard InChI is InChI=1S/C13H25N3O3S/c1-4-7-14-8-5-6-9-20(17,18)15-10-13-11(2)16-19-12(13)3/h14-15H,4-10H2,1-3H3. The fraction of sp³-hybridized carbons (Fsp3) is 0.769. The average molecular weight is 303 g/mol. The van der Waals surface area contributed by atoms with Gasteiger partial charge in [-0.2, -0.15) is 0 Å². The van der Waals surface area contributed by atoms with Gasteiger partial charge in [0.15, 0.2) is 0 Å². The third-order valence-corrected chi connectivity index (χ3v) is 4.50. The highest BCUT2D eigenvalue weighted by Gasteiger charge is 2.14. The minimum Gasteiger partial charge on any atom is -0.361 e. The molecule has 2 N–H and O–H groups in total. The lowest BCUT2D eigenvalue weighted by molar-refractivity contribution is 0.392. The Hall–Kier alpha value is -0.920. The Morgan fingerprint density at radius 1 is 1.20 bits per heavy atom. The number of nitrogens with one attached hydrogen (secondary N) is 2. The van der Waals surface area contributed by atoms with Crippen LogP contribution in [0.15, 0.2) is 4.52 Å². The molecule has 1 aromatic rings. The van der Waals surface area contributed by atoms with E-state index in [-0.39, 0.29) is 12.3 Å². The Bertz CT molecular complexity index is 477. The summed E-state index contributed by atoms with van der Waals surface area (Å²) in [7, 11) is -3.23. The van der Waals surface area contributed by atoms with Crippen LogP contribution >= 0.6 is 0 Å². The van der Waals surface area contributed by atoms with Crippen molar-refractivity contribution in [2.45, 2.75) is 46.6 Å². The molecule has 0 aliphatic rings. The van der Waals surface area contributed by atoms with Crippen LogP contribution in [0.5, 0.6) is 0 Å². The summed E-state index contributed by atoms with van der Waals surface area (Å²) in [5.41, 5.74) is 1.55. The Morgan fingerprint density at radius 2 is 1.95 bits per heavy atom. The molecule has 1 rings (SSSR count). The van der Waals surface area contributed by atoms with Crippen LogP contribution in [-0.4, -0.2) is 32.4 Å². The van der Waals surface area contributed by atoms with Gasteiger partial charge in [0.05, 0.1) is 11.4 Å². The van der Waals surface area contributed by atoms with Gasteiger partial charge in [0, 0.05) is 12.1 Å². The molecule has 0 amide bonds. The number of hydrogen-bond acceptors (Lipinski definition) is 5. The molecule has 6 nitrogen and oxygen atoms in total. The monoisotopic (exact) mass is 303 g/mol. The molecule has 116 valence electrons. The van der Waals surface area contributed by atoms with Crippen LogP contribution in [0.4, 0.5) is 0 Å². The quantitative estimate of drug-likeness (QED) is 0.640. The first kappa shape index (κ1) is 17.1. The first-order valence-corrected chi connectivity index (χ1v) is 8.71. The number of sulfonamides is 1. The van der Waals surface area contributed by atoms with E-state index in [1.807, 2.05) is 0 Å². The van der Waals surface area contributed by atoms with Gasteiger partial charge in [0.1, 0.15) is 5.76 Å². The van der Waals surface area contributed by atoms with Gasteiger partial charge in [-0.1, -0.05) is 12.1 Å². The predicted molar refractivity (Wildman–Crippen MR) is 79.0 cm³/mol. The average Bonchev–Trinajstić information content (AvgIpc) is 2.71. The molecule has 0 saturated heterocycles. The maximum Gasteiger partial charge on any atom is 0.211 e. The van der Waals surface area contributed by atoms with E-state index in [9.17, 15) is 8.42 Å². The second kappa shape index (κ2) is 8.39. The van der Waals surface area contributed by atoms with E-state index in [4.69, 9.17) is 4.52 Å². The number of hydrogen-bond donors (Lipinski definition) is 2. The molecular formula is C13H25N3O3S. The highest BCUT2D eigenvalue weighted by atomic mass is 32.2. The summed E-state index contributed by atoms with van der Waals surface area (Å²) in [5.74, 6) is 0.818. The first-order valence-electron chi connectivity index (χ1n) is 7.06. The SMILES string of the molecule is CCCNCCCCS(=O)(=O)NCc1c(C)noc1C. The van der Waals surface area contributed by atoms with E-state index < -0.39 is 10.0 Å². The molecule has 0 bridgehead atoms. The topological polar surface area (TPSA) is 84.2 Å². The van der Waals surface area contributed by atoms with Gasteiger partial charge >= 0.3 is 0 Å². The third-order valence-electron chi connectivity index (χ3n) is 3.09. The van der Waals surface area contributed by atoms with Gasteiger partial charge < -0.3 is 9.84 Å². The van der Waals surface area contributed by atoms with Gasteiger partial charge in [-0.15, -0.1) is 0 Å². The smallest absolute Gasteiger partial charge is 0.211 e. The largest absolute Gasteiger partial charge is 0.361 e. The van der Waals surface area contributed by atoms with Gasteiger partial charge in [-0.05, 0) is 46.2 Å². The molecule has 0 spiro atoms. The molecule has 0 unspecified atom stereocenters. The number of unbranched alkanes of at least 4 members (excludes halogenated alkanes) is 1. The van der Waals surface area contributed by atoms with Crippen molar-refractivity contribution in [3.05, 3.63) is 17.0 Å². The van der Waals surface area contributed by atoms with E-state index in [2.05, 4.69) is 22.1 Å². The van der Waals surface area contributed by atoms with Crippen LogP contribution in [0, 0.1) is 13.8 Å². The van der Waals surface area contributed by atoms with E-state index in [1.54, 1.807) is 13.8 Å². The zero-order valence-corrected chi connectivity index (χ0v) is 13.3. The van der Waals surface area contributed by atoms with Crippen LogP contribution in [0.25, 0.3) is 0 Å². The predicted octanol–water partition coefficient (Wildman–Crippen LogP) is 1.49. The zero-order valence-electron chi connectivity index (χ0n) is 12.5. The van der Waals surface area contributed by atoms with Crippen molar-refractivity contribution in [2.75, 3.05) is 18.8 Å². The summed E-state index contributed by atoms with van der Waals surface area (Å²) < 4.78 is 31.3. The van der Waals surface area contributed by atoms with E-state index in [0.29, 0.717) is 12.2 Å². The Balaban J connectivity index is 2.28. The van der Waals surface area contributed by atoms with E-state index in [0.717, 1.165) is 37.2 Å². The number of aromatic nitrogens is 1. The summed E-state index contributed by atoms with van der Waals surface area (Å²) in [6.45, 7) is 7.79. The van der Waals surface area contributed by atoms with E-state index in [1.165, 1.54) is 0 Å². The van der Waals surface area contributed by atoms with Crippen molar-refractivity contribution in [1.29, 1.82) is 0 Å². The number of aryl methyl sites for hydroxylation is 2. The molecule has 0 aromatic carbocycles. The second-order valence-corrected chi connectivity index (χ2v) is 6.83. The van der Waals surface area contributed by atoms with Gasteiger partial charge in [0.25, 0.3) is 0 Å². The van der Waals surface area contributed by atoms with Gasteiger partial charge in [-0.25, -0.2) is 13.1 Å². The normalized spacial score (nSPS) is 11.9. The summed E-state index contributed by atoms with van der Waals surface area (Å²) in [6.07, 6.45) is 2.62. The van der Waals surface area contributed by atoms with Crippen molar-refractivity contribution in [1.82, 2.24) is 15.2 Å². The molecule has 1 heterocycles. The molecule has 0 aliphatic carbocycles. The van der Waals surface area contributed by atoms with Crippen LogP contribution < -0.4 is 10.0 Å². The minimum absolute atomic E-state index is 0.157. The first-order chi connectivity index (χ1) is 9.46. The summed E-state index contributed by atoms with van der Waals surface area (Å²) in [4.78, 5) is 0. The zero-order chi connectivity index (χ0) is 15.0.